The molecule has 0 unspecified atom stereocenters. The number of rotatable bonds is 7. The van der Waals surface area contributed by atoms with Gasteiger partial charge in [-0.3, -0.25) is 4.79 Å². The predicted molar refractivity (Wildman–Crippen MR) is 119 cm³/mol. The van der Waals surface area contributed by atoms with Crippen molar-refractivity contribution in [2.75, 3.05) is 0 Å². The fourth-order valence-electron chi connectivity index (χ4n) is 5.26. The smallest absolute Gasteiger partial charge is 0.253 e. The number of amides is 1. The van der Waals surface area contributed by atoms with Crippen LogP contribution in [0.1, 0.15) is 32.8 Å². The lowest BCUT2D eigenvalue weighted by molar-refractivity contribution is -0.154. The Balaban J connectivity index is 1.86. The summed E-state index contributed by atoms with van der Waals surface area (Å²) in [5.74, 6) is -2.19. The topological polar surface area (TPSA) is 110 Å². The van der Waals surface area contributed by atoms with E-state index in [-0.39, 0.29) is 17.9 Å². The van der Waals surface area contributed by atoms with Gasteiger partial charge in [-0.05, 0) is 42.7 Å². The first-order valence-electron chi connectivity index (χ1n) is 11.1. The van der Waals surface area contributed by atoms with Gasteiger partial charge in [-0.15, -0.1) is 0 Å². The number of hydrogen-bond donors (Lipinski definition) is 5. The van der Waals surface area contributed by atoms with Gasteiger partial charge in [0.2, 0.25) is 0 Å². The average molecular weight is 430 g/mol. The Morgan fingerprint density at radius 1 is 1.23 bits per heavy atom. The normalized spacial score (nSPS) is 36.2. The van der Waals surface area contributed by atoms with Crippen LogP contribution in [0.25, 0.3) is 0 Å². The zero-order valence-corrected chi connectivity index (χ0v) is 18.5. The van der Waals surface area contributed by atoms with Gasteiger partial charge in [-0.1, -0.05) is 62.9 Å². The van der Waals surface area contributed by atoms with E-state index in [9.17, 15) is 25.2 Å². The molecule has 1 aromatic carbocycles. The maximum Gasteiger partial charge on any atom is 0.253 e. The number of aliphatic hydroxyl groups excluding tert-OH is 3. The molecule has 6 heteroatoms. The van der Waals surface area contributed by atoms with E-state index in [4.69, 9.17) is 0 Å². The van der Waals surface area contributed by atoms with Crippen molar-refractivity contribution in [3.8, 4) is 0 Å². The van der Waals surface area contributed by atoms with Crippen LogP contribution in [0.5, 0.6) is 0 Å². The molecule has 0 bridgehead atoms. The minimum Gasteiger partial charge on any atom is -0.391 e. The number of benzene rings is 1. The van der Waals surface area contributed by atoms with Crippen LogP contribution < -0.4 is 5.32 Å². The van der Waals surface area contributed by atoms with Crippen molar-refractivity contribution >= 4 is 5.91 Å². The van der Waals surface area contributed by atoms with Crippen molar-refractivity contribution in [2.45, 2.75) is 63.6 Å². The van der Waals surface area contributed by atoms with E-state index in [0.717, 1.165) is 5.56 Å². The molecule has 1 aromatic rings. The molecule has 1 heterocycles. The highest BCUT2D eigenvalue weighted by Gasteiger charge is 2.64. The zero-order chi connectivity index (χ0) is 22.9. The number of aliphatic hydroxyl groups is 4. The Bertz CT molecular complexity index is 822. The first-order chi connectivity index (χ1) is 14.6. The van der Waals surface area contributed by atoms with Crippen molar-refractivity contribution in [3.05, 3.63) is 60.2 Å². The molecule has 2 fully saturated rings. The third-order valence-electron chi connectivity index (χ3n) is 7.20. The number of hydrogen-bond acceptors (Lipinski definition) is 5. The number of carbonyl (C=O) groups excluding carboxylic acids is 1. The molecule has 1 saturated heterocycles. The Labute approximate surface area is 184 Å². The summed E-state index contributed by atoms with van der Waals surface area (Å²) in [7, 11) is 0. The average Bonchev–Trinajstić information content (AvgIpc) is 2.99. The molecular weight excluding hydrogens is 394 g/mol. The van der Waals surface area contributed by atoms with Crippen molar-refractivity contribution in [1.29, 1.82) is 0 Å². The first kappa shape index (κ1) is 23.7. The van der Waals surface area contributed by atoms with Crippen LogP contribution in [0, 0.1) is 23.7 Å². The highest BCUT2D eigenvalue weighted by Crippen LogP contribution is 2.50. The highest BCUT2D eigenvalue weighted by atomic mass is 16.3. The minimum atomic E-state index is -1.75. The van der Waals surface area contributed by atoms with Crippen molar-refractivity contribution in [2.24, 2.45) is 23.7 Å². The van der Waals surface area contributed by atoms with Crippen LogP contribution in [0.2, 0.25) is 0 Å². The van der Waals surface area contributed by atoms with Gasteiger partial charge in [0.1, 0.15) is 0 Å². The Kier molecular flexibility index (Phi) is 7.06. The Morgan fingerprint density at radius 2 is 1.87 bits per heavy atom. The molecule has 0 radical (unpaired) electrons. The summed E-state index contributed by atoms with van der Waals surface area (Å²) in [5, 5.41) is 45.1. The van der Waals surface area contributed by atoms with E-state index < -0.39 is 41.7 Å². The molecule has 1 amide bonds. The van der Waals surface area contributed by atoms with Crippen LogP contribution in [0.4, 0.5) is 0 Å². The van der Waals surface area contributed by atoms with E-state index >= 15 is 0 Å². The number of fused-ring (bicyclic) bond motifs is 1. The summed E-state index contributed by atoms with van der Waals surface area (Å²) in [4.78, 5) is 13.0. The van der Waals surface area contributed by atoms with Crippen LogP contribution in [-0.2, 0) is 11.2 Å². The second kappa shape index (κ2) is 9.25. The number of nitrogens with one attached hydrogen (secondary N) is 1. The van der Waals surface area contributed by atoms with Crippen LogP contribution in [-0.4, -0.2) is 56.3 Å². The van der Waals surface area contributed by atoms with Crippen LogP contribution in [0.3, 0.4) is 0 Å². The Morgan fingerprint density at radius 3 is 2.48 bits per heavy atom. The third-order valence-corrected chi connectivity index (χ3v) is 7.20. The lowest BCUT2D eigenvalue weighted by Gasteiger charge is -2.47. The molecule has 1 aliphatic carbocycles. The molecule has 9 atom stereocenters. The van der Waals surface area contributed by atoms with Gasteiger partial charge in [0.25, 0.3) is 5.91 Å². The maximum absolute atomic E-state index is 13.0. The first-order valence-corrected chi connectivity index (χ1v) is 11.1. The summed E-state index contributed by atoms with van der Waals surface area (Å²) >= 11 is 0. The Hall–Kier alpha value is -1.99. The maximum atomic E-state index is 13.0. The zero-order valence-electron chi connectivity index (χ0n) is 18.5. The molecular formula is C25H35NO5. The molecule has 0 spiro atoms. The molecule has 170 valence electrons. The quantitative estimate of drug-likeness (QED) is 0.423. The van der Waals surface area contributed by atoms with Crippen molar-refractivity contribution in [1.82, 2.24) is 5.32 Å². The van der Waals surface area contributed by atoms with Gasteiger partial charge in [-0.2, -0.15) is 0 Å². The molecule has 6 nitrogen and oxygen atoms in total. The lowest BCUT2D eigenvalue weighted by Crippen LogP contribution is -2.59. The fraction of sp³-hybridized carbons (Fsp3) is 0.560. The fourth-order valence-corrected chi connectivity index (χ4v) is 5.26. The summed E-state index contributed by atoms with van der Waals surface area (Å²) in [6.07, 6.45) is 1.68. The molecule has 1 saturated carbocycles. The van der Waals surface area contributed by atoms with E-state index in [2.05, 4.69) is 11.9 Å². The lowest BCUT2D eigenvalue weighted by atomic mass is 9.60. The van der Waals surface area contributed by atoms with E-state index in [1.807, 2.05) is 44.2 Å². The molecule has 0 aromatic heterocycles. The molecule has 1 aliphatic heterocycles. The minimum absolute atomic E-state index is 0.215. The SMILES string of the molecule is C=C1[C@@H](C)[C@H]2[C@H](Cc3ccccc3)NC(=O)[C@@]2(O)[C@@H](/C=C/C[C@H](C)[C@@H](O)[C@@H](C)O)[C@@H]1O. The predicted octanol–water partition coefficient (Wildman–Crippen LogP) is 1.58. The van der Waals surface area contributed by atoms with Gasteiger partial charge in [0.15, 0.2) is 5.60 Å². The van der Waals surface area contributed by atoms with Crippen molar-refractivity contribution < 1.29 is 25.2 Å². The molecule has 5 N–H and O–H groups in total. The van der Waals surface area contributed by atoms with Gasteiger partial charge in [0, 0.05) is 17.9 Å². The summed E-state index contributed by atoms with van der Waals surface area (Å²) in [6, 6.07) is 9.54. The monoisotopic (exact) mass is 429 g/mol. The second-order valence-corrected chi connectivity index (χ2v) is 9.33. The molecule has 31 heavy (non-hydrogen) atoms. The van der Waals surface area contributed by atoms with Gasteiger partial charge in [-0.25, -0.2) is 0 Å². The summed E-state index contributed by atoms with van der Waals surface area (Å²) < 4.78 is 0. The van der Waals surface area contributed by atoms with E-state index in [1.54, 1.807) is 12.2 Å². The summed E-state index contributed by atoms with van der Waals surface area (Å²) in [5.41, 5.74) is -0.0767. The third kappa shape index (κ3) is 4.35. The van der Waals surface area contributed by atoms with Gasteiger partial charge in [0.05, 0.1) is 18.3 Å². The molecule has 2 aliphatic rings. The highest BCUT2D eigenvalue weighted by molar-refractivity contribution is 5.89. The largest absolute Gasteiger partial charge is 0.391 e. The van der Waals surface area contributed by atoms with Crippen LogP contribution >= 0.6 is 0 Å². The number of carbonyl (C=O) groups is 1. The second-order valence-electron chi connectivity index (χ2n) is 9.33. The van der Waals surface area contributed by atoms with E-state index in [0.29, 0.717) is 18.4 Å². The van der Waals surface area contributed by atoms with Gasteiger partial charge >= 0.3 is 0 Å². The van der Waals surface area contributed by atoms with Crippen molar-refractivity contribution in [3.63, 3.8) is 0 Å². The molecule has 3 rings (SSSR count). The standard InChI is InChI=1S/C25H35NO5/c1-14(22(28)17(4)27)9-8-12-19-23(29)16(3)15(2)21-20(26-24(30)25(19,21)31)13-18-10-6-5-7-11-18/h5-8,10-12,14-15,17,19-23,27-29,31H,3,9,13H2,1-2,4H3,(H,26,30)/b12-8+/t14-,15+,17+,19-,20-,21-,22+,23+,25+/m0/s1. The van der Waals surface area contributed by atoms with Gasteiger partial charge < -0.3 is 25.7 Å². The summed E-state index contributed by atoms with van der Waals surface area (Å²) in [6.45, 7) is 9.32. The van der Waals surface area contributed by atoms with Crippen LogP contribution in [0.15, 0.2) is 54.6 Å². The number of allylic oxidation sites excluding steroid dienone is 1. The van der Waals surface area contributed by atoms with E-state index in [1.165, 1.54) is 6.92 Å².